The summed E-state index contributed by atoms with van der Waals surface area (Å²) in [5.74, 6) is 3.63. The maximum Gasteiger partial charge on any atom is 0.128 e. The predicted molar refractivity (Wildman–Crippen MR) is 132 cm³/mol. The summed E-state index contributed by atoms with van der Waals surface area (Å²) in [4.78, 5) is 7.10. The molecule has 1 aliphatic heterocycles. The average molecular weight is 451 g/mol. The second kappa shape index (κ2) is 8.66. The second-order valence-electron chi connectivity index (χ2n) is 9.02. The molecule has 0 saturated carbocycles. The van der Waals surface area contributed by atoms with E-state index in [1.807, 2.05) is 31.8 Å². The van der Waals surface area contributed by atoms with Gasteiger partial charge in [-0.1, -0.05) is 5.92 Å². The zero-order valence-corrected chi connectivity index (χ0v) is 19.4. The quantitative estimate of drug-likeness (QED) is 0.470. The van der Waals surface area contributed by atoms with Crippen LogP contribution in [0.2, 0.25) is 0 Å². The van der Waals surface area contributed by atoms with Crippen LogP contribution in [-0.4, -0.2) is 49.6 Å². The first-order valence-electron chi connectivity index (χ1n) is 11.3. The smallest absolute Gasteiger partial charge is 0.128 e. The minimum absolute atomic E-state index is 0.0663. The molecule has 1 aliphatic rings. The lowest BCUT2D eigenvalue weighted by Crippen LogP contribution is -2.51. The normalized spacial score (nSPS) is 15.2. The number of pyridine rings is 2. The summed E-state index contributed by atoms with van der Waals surface area (Å²) in [6.45, 7) is 4.66. The molecule has 5 rings (SSSR count). The van der Waals surface area contributed by atoms with Gasteiger partial charge in [0.1, 0.15) is 11.9 Å². The number of rotatable bonds is 5. The van der Waals surface area contributed by atoms with Crippen molar-refractivity contribution < 1.29 is 0 Å². The Labute approximate surface area is 198 Å². The molecule has 8 nitrogen and oxygen atoms in total. The van der Waals surface area contributed by atoms with E-state index >= 15 is 0 Å². The molecule has 0 unspecified atom stereocenters. The van der Waals surface area contributed by atoms with E-state index in [2.05, 4.69) is 57.5 Å². The number of nitrogens with one attached hydrogen (secondary N) is 1. The zero-order valence-electron chi connectivity index (χ0n) is 19.4. The molecule has 1 fully saturated rings. The van der Waals surface area contributed by atoms with Gasteiger partial charge in [0.25, 0.3) is 0 Å². The monoisotopic (exact) mass is 450 g/mol. The lowest BCUT2D eigenvalue weighted by molar-refractivity contribution is 0.296. The second-order valence-corrected chi connectivity index (χ2v) is 9.02. The third-order valence-corrected chi connectivity index (χ3v) is 6.64. The molecule has 0 bridgehead atoms. The first-order chi connectivity index (χ1) is 16.5. The van der Waals surface area contributed by atoms with Crippen LogP contribution < -0.4 is 10.2 Å². The summed E-state index contributed by atoms with van der Waals surface area (Å²) >= 11 is 0. The van der Waals surface area contributed by atoms with Crippen LogP contribution in [0.15, 0.2) is 49.2 Å². The highest BCUT2D eigenvalue weighted by atomic mass is 15.2. The molecule has 0 aliphatic carbocycles. The summed E-state index contributed by atoms with van der Waals surface area (Å²) in [7, 11) is 1.89. The van der Waals surface area contributed by atoms with Crippen molar-refractivity contribution in [3.63, 3.8) is 0 Å². The number of piperidine rings is 1. The van der Waals surface area contributed by atoms with Gasteiger partial charge in [0.15, 0.2) is 0 Å². The van der Waals surface area contributed by atoms with Gasteiger partial charge in [-0.05, 0) is 38.0 Å². The maximum atomic E-state index is 9.64. The number of hydrogen-bond donors (Lipinski definition) is 1. The molecule has 0 amide bonds. The Morgan fingerprint density at radius 2 is 1.91 bits per heavy atom. The van der Waals surface area contributed by atoms with Crippen LogP contribution in [0, 0.1) is 23.7 Å². The number of aromatic nitrogens is 5. The van der Waals surface area contributed by atoms with Crippen molar-refractivity contribution in [2.75, 3.05) is 24.5 Å². The number of aryl methyl sites for hydroxylation is 1. The molecule has 1 saturated heterocycles. The van der Waals surface area contributed by atoms with Crippen molar-refractivity contribution in [2.24, 2.45) is 7.05 Å². The molecule has 170 valence electrons. The van der Waals surface area contributed by atoms with Crippen LogP contribution in [0.3, 0.4) is 0 Å². The molecule has 1 N–H and O–H groups in total. The molecule has 0 spiro atoms. The Bertz CT molecular complexity index is 1410. The van der Waals surface area contributed by atoms with Crippen LogP contribution in [0.4, 0.5) is 5.82 Å². The largest absolute Gasteiger partial charge is 0.356 e. The van der Waals surface area contributed by atoms with Gasteiger partial charge in [-0.25, -0.2) is 9.50 Å². The van der Waals surface area contributed by atoms with E-state index in [0.29, 0.717) is 12.1 Å². The lowest BCUT2D eigenvalue weighted by Gasteiger charge is -2.40. The highest BCUT2D eigenvalue weighted by molar-refractivity contribution is 5.87. The summed E-state index contributed by atoms with van der Waals surface area (Å²) in [5.41, 5.74) is 5.19. The molecule has 4 aromatic heterocycles. The van der Waals surface area contributed by atoms with Crippen molar-refractivity contribution in [3.8, 4) is 40.7 Å². The standard InChI is InChI=1S/C26H26N8/c1-4-9-29-26(2)7-10-33(11-8-26)24-6-5-19(14-28-24)23-12-20(22-16-30-32(3)17-22)18-34-25(23)21(13-27)15-31-34/h1,5-6,12,14-18,29H,7-11H2,2-3H3. The molecular formula is C26H26N8. The Hall–Kier alpha value is -4.14. The highest BCUT2D eigenvalue weighted by Gasteiger charge is 2.29. The fourth-order valence-electron chi connectivity index (χ4n) is 4.55. The molecule has 5 heterocycles. The summed E-state index contributed by atoms with van der Waals surface area (Å²) in [6, 6.07) is 8.47. The van der Waals surface area contributed by atoms with Gasteiger partial charge in [-0.2, -0.15) is 15.5 Å². The predicted octanol–water partition coefficient (Wildman–Crippen LogP) is 3.25. The third kappa shape index (κ3) is 4.00. The number of nitrogens with zero attached hydrogens (tertiary/aromatic N) is 7. The molecule has 34 heavy (non-hydrogen) atoms. The van der Waals surface area contributed by atoms with Gasteiger partial charge in [-0.15, -0.1) is 6.42 Å². The molecule has 0 radical (unpaired) electrons. The van der Waals surface area contributed by atoms with Crippen molar-refractivity contribution in [2.45, 2.75) is 25.3 Å². The molecule has 4 aromatic rings. The number of fused-ring (bicyclic) bond motifs is 1. The fourth-order valence-corrected chi connectivity index (χ4v) is 4.55. The van der Waals surface area contributed by atoms with Crippen molar-refractivity contribution in [1.82, 2.24) is 29.7 Å². The highest BCUT2D eigenvalue weighted by Crippen LogP contribution is 2.33. The van der Waals surface area contributed by atoms with E-state index in [1.54, 1.807) is 15.4 Å². The van der Waals surface area contributed by atoms with Gasteiger partial charge < -0.3 is 10.2 Å². The number of terminal acetylenes is 1. The number of anilines is 1. The SMILES string of the molecule is C#CCNC1(C)CCN(c2ccc(-c3cc(-c4cnn(C)c4)cn4ncc(C#N)c34)cn2)CC1. The zero-order chi connectivity index (χ0) is 23.7. The van der Waals surface area contributed by atoms with Crippen LogP contribution in [-0.2, 0) is 7.05 Å². The first-order valence-corrected chi connectivity index (χ1v) is 11.3. The van der Waals surface area contributed by atoms with Gasteiger partial charge in [-0.3, -0.25) is 4.68 Å². The lowest BCUT2D eigenvalue weighted by atomic mass is 9.89. The van der Waals surface area contributed by atoms with E-state index < -0.39 is 0 Å². The first kappa shape index (κ1) is 21.7. The van der Waals surface area contributed by atoms with Gasteiger partial charge in [0.2, 0.25) is 0 Å². The Kier molecular flexibility index (Phi) is 5.53. The Morgan fingerprint density at radius 1 is 1.09 bits per heavy atom. The Morgan fingerprint density at radius 3 is 2.56 bits per heavy atom. The van der Waals surface area contributed by atoms with Crippen molar-refractivity contribution in [1.29, 1.82) is 5.26 Å². The van der Waals surface area contributed by atoms with Crippen LogP contribution in [0.25, 0.3) is 27.8 Å². The minimum Gasteiger partial charge on any atom is -0.356 e. The van der Waals surface area contributed by atoms with Crippen LogP contribution in [0.1, 0.15) is 25.3 Å². The maximum absolute atomic E-state index is 9.64. The number of hydrogen-bond acceptors (Lipinski definition) is 6. The van der Waals surface area contributed by atoms with Gasteiger partial charge in [0, 0.05) is 66.5 Å². The molecular weight excluding hydrogens is 424 g/mol. The van der Waals surface area contributed by atoms with Crippen LogP contribution >= 0.6 is 0 Å². The summed E-state index contributed by atoms with van der Waals surface area (Å²) in [5, 5.41) is 21.8. The summed E-state index contributed by atoms with van der Waals surface area (Å²) in [6.07, 6.45) is 16.6. The molecule has 0 atom stereocenters. The summed E-state index contributed by atoms with van der Waals surface area (Å²) < 4.78 is 3.53. The van der Waals surface area contributed by atoms with E-state index in [0.717, 1.165) is 59.5 Å². The van der Waals surface area contributed by atoms with E-state index in [-0.39, 0.29) is 5.54 Å². The average Bonchev–Trinajstić information content (AvgIpc) is 3.49. The Balaban J connectivity index is 1.46. The minimum atomic E-state index is 0.0663. The van der Waals surface area contributed by atoms with Gasteiger partial charge in [0.05, 0.1) is 30.0 Å². The topological polar surface area (TPSA) is 87.1 Å². The third-order valence-electron chi connectivity index (χ3n) is 6.64. The molecule has 0 aromatic carbocycles. The fraction of sp³-hybridized carbons (Fsp3) is 0.308. The number of nitriles is 1. The van der Waals surface area contributed by atoms with Crippen molar-refractivity contribution >= 4 is 11.3 Å². The van der Waals surface area contributed by atoms with E-state index in [9.17, 15) is 5.26 Å². The van der Waals surface area contributed by atoms with Crippen LogP contribution in [0.5, 0.6) is 0 Å². The van der Waals surface area contributed by atoms with E-state index in [4.69, 9.17) is 11.4 Å². The van der Waals surface area contributed by atoms with E-state index in [1.165, 1.54) is 0 Å². The van der Waals surface area contributed by atoms with Crippen molar-refractivity contribution in [3.05, 3.63) is 54.7 Å². The van der Waals surface area contributed by atoms with Gasteiger partial charge >= 0.3 is 0 Å². The molecule has 8 heteroatoms.